The number of carbonyl (C=O) groups excluding carboxylic acids is 2. The molecule has 2 aliphatic heterocycles. The van der Waals surface area contributed by atoms with E-state index in [0.717, 1.165) is 23.6 Å². The largest absolute Gasteiger partial charge is 0.368 e. The van der Waals surface area contributed by atoms with Crippen LogP contribution in [-0.2, 0) is 9.59 Å². The van der Waals surface area contributed by atoms with E-state index in [4.69, 9.17) is 0 Å². The van der Waals surface area contributed by atoms with Crippen molar-refractivity contribution in [2.45, 2.75) is 26.2 Å². The molecule has 0 aromatic heterocycles. The first-order valence-corrected chi connectivity index (χ1v) is 12.1. The van der Waals surface area contributed by atoms with Gasteiger partial charge in [-0.2, -0.15) is 0 Å². The number of aryl methyl sites for hydroxylation is 2. The number of hydrogen-bond acceptors (Lipinski definition) is 6. The van der Waals surface area contributed by atoms with Crippen LogP contribution in [0.5, 0.6) is 0 Å². The predicted octanol–water partition coefficient (Wildman–Crippen LogP) is 4.59. The van der Waals surface area contributed by atoms with E-state index in [1.807, 2.05) is 35.2 Å². The molecule has 1 unspecified atom stereocenters. The van der Waals surface area contributed by atoms with Crippen LogP contribution in [0.4, 0.5) is 22.7 Å². The number of anilines is 3. The van der Waals surface area contributed by atoms with Crippen molar-refractivity contribution in [3.05, 3.63) is 93.5 Å². The third-order valence-corrected chi connectivity index (χ3v) is 7.09. The first kappa shape index (κ1) is 23.5. The highest BCUT2D eigenvalue weighted by atomic mass is 16.6. The molecule has 0 bridgehead atoms. The van der Waals surface area contributed by atoms with E-state index in [-0.39, 0.29) is 29.6 Å². The lowest BCUT2D eigenvalue weighted by Crippen LogP contribution is -2.47. The number of piperazine rings is 1. The van der Waals surface area contributed by atoms with Crippen molar-refractivity contribution in [3.8, 4) is 0 Å². The van der Waals surface area contributed by atoms with E-state index in [0.29, 0.717) is 18.8 Å². The maximum atomic E-state index is 13.1. The molecule has 0 saturated carbocycles. The second-order valence-electron chi connectivity index (χ2n) is 9.43. The number of imide groups is 1. The maximum Gasteiger partial charge on any atom is 0.294 e. The third-order valence-electron chi connectivity index (χ3n) is 7.09. The highest BCUT2D eigenvalue weighted by molar-refractivity contribution is 6.22. The number of hydrogen-bond donors (Lipinski definition) is 0. The summed E-state index contributed by atoms with van der Waals surface area (Å²) in [7, 11) is 0. The third kappa shape index (κ3) is 4.30. The van der Waals surface area contributed by atoms with Crippen LogP contribution in [0.2, 0.25) is 0 Å². The van der Waals surface area contributed by atoms with Gasteiger partial charge in [0.15, 0.2) is 0 Å². The average Bonchev–Trinajstić information content (AvgIpc) is 3.19. The fourth-order valence-electron chi connectivity index (χ4n) is 5.16. The van der Waals surface area contributed by atoms with Crippen molar-refractivity contribution in [1.29, 1.82) is 0 Å². The van der Waals surface area contributed by atoms with Gasteiger partial charge in [-0.1, -0.05) is 42.5 Å². The number of nitro benzene ring substituents is 1. The summed E-state index contributed by atoms with van der Waals surface area (Å²) in [4.78, 5) is 42.9. The first-order valence-electron chi connectivity index (χ1n) is 12.1. The molecule has 1 atom stereocenters. The molecule has 0 radical (unpaired) electrons. The fraction of sp³-hybridized carbons (Fsp3) is 0.286. The average molecular weight is 485 g/mol. The molecule has 3 aromatic rings. The van der Waals surface area contributed by atoms with Crippen molar-refractivity contribution < 1.29 is 14.5 Å². The van der Waals surface area contributed by atoms with E-state index in [2.05, 4.69) is 36.9 Å². The number of carbonyl (C=O) groups is 2. The second kappa shape index (κ2) is 9.45. The van der Waals surface area contributed by atoms with Gasteiger partial charge in [-0.15, -0.1) is 0 Å². The first-order chi connectivity index (χ1) is 17.3. The Kier molecular flexibility index (Phi) is 6.18. The van der Waals surface area contributed by atoms with Gasteiger partial charge in [0.2, 0.25) is 11.8 Å². The number of nitro groups is 1. The Morgan fingerprint density at radius 3 is 2.17 bits per heavy atom. The lowest BCUT2D eigenvalue weighted by atomic mass is 9.98. The minimum Gasteiger partial charge on any atom is -0.368 e. The molecule has 5 rings (SSSR count). The molecule has 0 aliphatic carbocycles. The Labute approximate surface area is 209 Å². The Hall–Kier alpha value is -4.20. The molecule has 36 heavy (non-hydrogen) atoms. The number of nitrogens with zero attached hydrogens (tertiary/aromatic N) is 4. The summed E-state index contributed by atoms with van der Waals surface area (Å²) < 4.78 is 0. The smallest absolute Gasteiger partial charge is 0.294 e. The van der Waals surface area contributed by atoms with Crippen LogP contribution in [-0.4, -0.2) is 42.9 Å². The van der Waals surface area contributed by atoms with Crippen LogP contribution < -0.4 is 14.7 Å². The molecular formula is C28H28N4O4. The Morgan fingerprint density at radius 2 is 1.50 bits per heavy atom. The quantitative estimate of drug-likeness (QED) is 0.299. The fourth-order valence-corrected chi connectivity index (χ4v) is 5.16. The summed E-state index contributed by atoms with van der Waals surface area (Å²) in [5.74, 6) is -1.27. The molecule has 8 heteroatoms. The minimum absolute atomic E-state index is 0.0543. The van der Waals surface area contributed by atoms with Crippen molar-refractivity contribution in [3.63, 3.8) is 0 Å². The predicted molar refractivity (Wildman–Crippen MR) is 140 cm³/mol. The zero-order valence-electron chi connectivity index (χ0n) is 20.4. The number of rotatable bonds is 5. The van der Waals surface area contributed by atoms with Crippen molar-refractivity contribution in [2.24, 2.45) is 0 Å². The Bertz CT molecular complexity index is 1330. The van der Waals surface area contributed by atoms with Crippen LogP contribution in [0.25, 0.3) is 0 Å². The van der Waals surface area contributed by atoms with E-state index < -0.39 is 10.8 Å². The van der Waals surface area contributed by atoms with Crippen LogP contribution in [0.3, 0.4) is 0 Å². The van der Waals surface area contributed by atoms with Gasteiger partial charge in [-0.25, -0.2) is 4.90 Å². The standard InChI is InChI=1S/C28H28N4O4/c1-19-8-9-20(2)25(16-19)30-14-12-29(13-15-30)24-11-10-22(17-26(24)32(35)36)31-27(33)18-23(28(31)34)21-6-4-3-5-7-21/h3-11,16-17,23H,12-15,18H2,1-2H3. The van der Waals surface area contributed by atoms with E-state index in [9.17, 15) is 19.7 Å². The topological polar surface area (TPSA) is 87.0 Å². The van der Waals surface area contributed by atoms with Gasteiger partial charge in [0, 0.05) is 44.4 Å². The summed E-state index contributed by atoms with van der Waals surface area (Å²) in [5.41, 5.74) is 5.01. The molecule has 2 fully saturated rings. The van der Waals surface area contributed by atoms with Crippen molar-refractivity contribution >= 4 is 34.6 Å². The molecule has 8 nitrogen and oxygen atoms in total. The molecule has 2 aliphatic rings. The normalized spacial score (nSPS) is 18.2. The van der Waals surface area contributed by atoms with Crippen LogP contribution >= 0.6 is 0 Å². The van der Waals surface area contributed by atoms with Crippen molar-refractivity contribution in [1.82, 2.24) is 0 Å². The SMILES string of the molecule is Cc1ccc(C)c(N2CCN(c3ccc(N4C(=O)CC(c5ccccc5)C4=O)cc3[N+](=O)[O-])CC2)c1. The number of benzene rings is 3. The minimum atomic E-state index is -0.574. The van der Waals surface area contributed by atoms with Gasteiger partial charge in [-0.3, -0.25) is 19.7 Å². The Morgan fingerprint density at radius 1 is 0.833 bits per heavy atom. The number of amides is 2. The second-order valence-corrected chi connectivity index (χ2v) is 9.43. The molecule has 0 spiro atoms. The Balaban J connectivity index is 1.37. The van der Waals surface area contributed by atoms with Gasteiger partial charge in [0.05, 0.1) is 16.5 Å². The van der Waals surface area contributed by atoms with Crippen LogP contribution in [0.15, 0.2) is 66.7 Å². The summed E-state index contributed by atoms with van der Waals surface area (Å²) >= 11 is 0. The highest BCUT2D eigenvalue weighted by Gasteiger charge is 2.41. The molecule has 184 valence electrons. The molecule has 2 heterocycles. The lowest BCUT2D eigenvalue weighted by molar-refractivity contribution is -0.384. The molecule has 2 amide bonds. The van der Waals surface area contributed by atoms with E-state index in [1.54, 1.807) is 12.1 Å². The summed E-state index contributed by atoms with van der Waals surface area (Å²) in [6.07, 6.45) is 0.0543. The van der Waals surface area contributed by atoms with Crippen LogP contribution in [0, 0.1) is 24.0 Å². The zero-order chi connectivity index (χ0) is 25.4. The van der Waals surface area contributed by atoms with Gasteiger partial charge in [0.1, 0.15) is 5.69 Å². The van der Waals surface area contributed by atoms with Gasteiger partial charge in [-0.05, 0) is 48.7 Å². The monoisotopic (exact) mass is 484 g/mol. The molecular weight excluding hydrogens is 456 g/mol. The molecule has 3 aromatic carbocycles. The molecule has 0 N–H and O–H groups in total. The molecule has 2 saturated heterocycles. The van der Waals surface area contributed by atoms with E-state index in [1.165, 1.54) is 22.9 Å². The van der Waals surface area contributed by atoms with E-state index >= 15 is 0 Å². The summed E-state index contributed by atoms with van der Waals surface area (Å²) in [6, 6.07) is 20.2. The highest BCUT2D eigenvalue weighted by Crippen LogP contribution is 2.38. The lowest BCUT2D eigenvalue weighted by Gasteiger charge is -2.38. The van der Waals surface area contributed by atoms with Crippen LogP contribution in [0.1, 0.15) is 29.0 Å². The van der Waals surface area contributed by atoms with Gasteiger partial charge < -0.3 is 9.80 Å². The van der Waals surface area contributed by atoms with Gasteiger partial charge in [0.25, 0.3) is 5.69 Å². The van der Waals surface area contributed by atoms with Crippen molar-refractivity contribution in [2.75, 3.05) is 40.9 Å². The maximum absolute atomic E-state index is 13.1. The summed E-state index contributed by atoms with van der Waals surface area (Å²) in [5, 5.41) is 12.0. The zero-order valence-corrected chi connectivity index (χ0v) is 20.4. The van der Waals surface area contributed by atoms with Gasteiger partial charge >= 0.3 is 0 Å². The summed E-state index contributed by atoms with van der Waals surface area (Å²) in [6.45, 7) is 6.91.